The molecule has 3 heteroatoms. The molecule has 112 valence electrons. The molecule has 1 heterocycles. The lowest BCUT2D eigenvalue weighted by Crippen LogP contribution is -2.24. The molecule has 1 fully saturated rings. The van der Waals surface area contributed by atoms with Crippen molar-refractivity contribution in [1.29, 1.82) is 0 Å². The summed E-state index contributed by atoms with van der Waals surface area (Å²) in [6.45, 7) is 4.30. The van der Waals surface area contributed by atoms with Gasteiger partial charge in [-0.15, -0.1) is 0 Å². The second-order valence-corrected chi connectivity index (χ2v) is 5.64. The fourth-order valence-electron chi connectivity index (χ4n) is 2.70. The summed E-state index contributed by atoms with van der Waals surface area (Å²) in [5, 5.41) is 3.53. The summed E-state index contributed by atoms with van der Waals surface area (Å²) in [7, 11) is 2.16. The SMILES string of the molecule is CN(CCCNCCCC1CCCO1)c1ccccc1. The molecule has 0 spiro atoms. The molecule has 1 saturated heterocycles. The van der Waals surface area contributed by atoms with Crippen LogP contribution < -0.4 is 10.2 Å². The molecule has 1 aromatic carbocycles. The molecule has 1 unspecified atom stereocenters. The monoisotopic (exact) mass is 276 g/mol. The third-order valence-electron chi connectivity index (χ3n) is 3.95. The molecular weight excluding hydrogens is 248 g/mol. The van der Waals surface area contributed by atoms with Crippen molar-refractivity contribution in [2.45, 2.75) is 38.2 Å². The van der Waals surface area contributed by atoms with Gasteiger partial charge in [0, 0.05) is 25.9 Å². The van der Waals surface area contributed by atoms with Crippen LogP contribution in [0.15, 0.2) is 30.3 Å². The lowest BCUT2D eigenvalue weighted by molar-refractivity contribution is 0.102. The standard InChI is InChI=1S/C17H28N2O/c1-19(16-8-3-2-4-9-16)14-7-13-18-12-5-10-17-11-6-15-20-17/h2-4,8-9,17-18H,5-7,10-15H2,1H3. The van der Waals surface area contributed by atoms with Crippen molar-refractivity contribution in [2.24, 2.45) is 0 Å². The topological polar surface area (TPSA) is 24.5 Å². The van der Waals surface area contributed by atoms with Gasteiger partial charge in [0.1, 0.15) is 0 Å². The molecule has 0 bridgehead atoms. The first-order valence-electron chi connectivity index (χ1n) is 7.95. The van der Waals surface area contributed by atoms with E-state index < -0.39 is 0 Å². The van der Waals surface area contributed by atoms with E-state index in [0.29, 0.717) is 6.10 Å². The minimum absolute atomic E-state index is 0.543. The minimum atomic E-state index is 0.543. The van der Waals surface area contributed by atoms with E-state index in [9.17, 15) is 0 Å². The largest absolute Gasteiger partial charge is 0.378 e. The average Bonchev–Trinajstić information content (AvgIpc) is 3.00. The van der Waals surface area contributed by atoms with E-state index in [2.05, 4.69) is 47.6 Å². The first-order valence-corrected chi connectivity index (χ1v) is 7.95. The summed E-state index contributed by atoms with van der Waals surface area (Å²) in [5.41, 5.74) is 1.30. The molecule has 1 atom stereocenters. The van der Waals surface area contributed by atoms with Crippen LogP contribution in [0, 0.1) is 0 Å². The Morgan fingerprint density at radius 1 is 1.20 bits per heavy atom. The lowest BCUT2D eigenvalue weighted by Gasteiger charge is -2.19. The summed E-state index contributed by atoms with van der Waals surface area (Å²) >= 11 is 0. The molecule has 1 aliphatic heterocycles. The van der Waals surface area contributed by atoms with Crippen LogP contribution in [0.1, 0.15) is 32.1 Å². The second-order valence-electron chi connectivity index (χ2n) is 5.64. The number of para-hydroxylation sites is 1. The van der Waals surface area contributed by atoms with Gasteiger partial charge in [-0.3, -0.25) is 0 Å². The van der Waals surface area contributed by atoms with E-state index in [-0.39, 0.29) is 0 Å². The summed E-state index contributed by atoms with van der Waals surface area (Å²) < 4.78 is 5.63. The van der Waals surface area contributed by atoms with Gasteiger partial charge in [0.25, 0.3) is 0 Å². The van der Waals surface area contributed by atoms with Crippen LogP contribution in [0.25, 0.3) is 0 Å². The van der Waals surface area contributed by atoms with Gasteiger partial charge in [-0.05, 0) is 57.3 Å². The maximum absolute atomic E-state index is 5.63. The zero-order valence-corrected chi connectivity index (χ0v) is 12.7. The van der Waals surface area contributed by atoms with Gasteiger partial charge < -0.3 is 15.0 Å². The molecule has 1 N–H and O–H groups in total. The molecule has 0 saturated carbocycles. The second kappa shape index (κ2) is 8.98. The van der Waals surface area contributed by atoms with Crippen molar-refractivity contribution in [3.8, 4) is 0 Å². The number of nitrogens with zero attached hydrogens (tertiary/aromatic N) is 1. The Bertz CT molecular complexity index is 349. The van der Waals surface area contributed by atoms with E-state index in [1.165, 1.54) is 37.8 Å². The van der Waals surface area contributed by atoms with Crippen LogP contribution in [0.3, 0.4) is 0 Å². The fourth-order valence-corrected chi connectivity index (χ4v) is 2.70. The number of rotatable bonds is 9. The minimum Gasteiger partial charge on any atom is -0.378 e. The van der Waals surface area contributed by atoms with Gasteiger partial charge in [-0.1, -0.05) is 18.2 Å². The van der Waals surface area contributed by atoms with E-state index in [1.54, 1.807) is 0 Å². The smallest absolute Gasteiger partial charge is 0.0576 e. The summed E-state index contributed by atoms with van der Waals surface area (Å²) in [5.74, 6) is 0. The Morgan fingerprint density at radius 2 is 2.00 bits per heavy atom. The first-order chi connectivity index (χ1) is 9.86. The molecule has 2 rings (SSSR count). The van der Waals surface area contributed by atoms with Gasteiger partial charge in [0.15, 0.2) is 0 Å². The van der Waals surface area contributed by atoms with Gasteiger partial charge in [0.2, 0.25) is 0 Å². The highest BCUT2D eigenvalue weighted by molar-refractivity contribution is 5.44. The summed E-state index contributed by atoms with van der Waals surface area (Å²) in [6, 6.07) is 10.6. The van der Waals surface area contributed by atoms with Crippen LogP contribution in [0.5, 0.6) is 0 Å². The van der Waals surface area contributed by atoms with Crippen LogP contribution >= 0.6 is 0 Å². The molecule has 0 aromatic heterocycles. The molecule has 1 aliphatic rings. The first kappa shape index (κ1) is 15.3. The normalized spacial score (nSPS) is 18.4. The number of hydrogen-bond acceptors (Lipinski definition) is 3. The molecule has 0 aliphatic carbocycles. The van der Waals surface area contributed by atoms with Crippen molar-refractivity contribution >= 4 is 5.69 Å². The number of anilines is 1. The molecule has 0 radical (unpaired) electrons. The Hall–Kier alpha value is -1.06. The summed E-state index contributed by atoms with van der Waals surface area (Å²) in [6.07, 6.45) is 6.70. The fraction of sp³-hybridized carbons (Fsp3) is 0.647. The molecule has 20 heavy (non-hydrogen) atoms. The number of nitrogens with one attached hydrogen (secondary N) is 1. The third kappa shape index (κ3) is 5.51. The third-order valence-corrected chi connectivity index (χ3v) is 3.95. The van der Waals surface area contributed by atoms with E-state index in [0.717, 1.165) is 26.2 Å². The predicted octanol–water partition coefficient (Wildman–Crippen LogP) is 3.06. The lowest BCUT2D eigenvalue weighted by atomic mass is 10.1. The van der Waals surface area contributed by atoms with Gasteiger partial charge >= 0.3 is 0 Å². The van der Waals surface area contributed by atoms with E-state index in [4.69, 9.17) is 4.74 Å². The quantitative estimate of drug-likeness (QED) is 0.702. The van der Waals surface area contributed by atoms with Crippen LogP contribution in [-0.2, 0) is 4.74 Å². The van der Waals surface area contributed by atoms with Crippen LogP contribution in [-0.4, -0.2) is 39.4 Å². The zero-order chi connectivity index (χ0) is 14.0. The van der Waals surface area contributed by atoms with Gasteiger partial charge in [-0.25, -0.2) is 0 Å². The number of ether oxygens (including phenoxy) is 1. The summed E-state index contributed by atoms with van der Waals surface area (Å²) in [4.78, 5) is 2.31. The molecular formula is C17H28N2O. The Labute approximate surface area is 123 Å². The zero-order valence-electron chi connectivity index (χ0n) is 12.7. The highest BCUT2D eigenvalue weighted by Crippen LogP contribution is 2.16. The van der Waals surface area contributed by atoms with Crippen molar-refractivity contribution in [3.05, 3.63) is 30.3 Å². The van der Waals surface area contributed by atoms with Gasteiger partial charge in [-0.2, -0.15) is 0 Å². The highest BCUT2D eigenvalue weighted by atomic mass is 16.5. The van der Waals surface area contributed by atoms with Crippen LogP contribution in [0.2, 0.25) is 0 Å². The van der Waals surface area contributed by atoms with Gasteiger partial charge in [0.05, 0.1) is 6.10 Å². The molecule has 3 nitrogen and oxygen atoms in total. The average molecular weight is 276 g/mol. The maximum atomic E-state index is 5.63. The molecule has 0 amide bonds. The predicted molar refractivity (Wildman–Crippen MR) is 85.4 cm³/mol. The van der Waals surface area contributed by atoms with Crippen molar-refractivity contribution < 1.29 is 4.74 Å². The van der Waals surface area contributed by atoms with Crippen molar-refractivity contribution in [1.82, 2.24) is 5.32 Å². The number of benzene rings is 1. The Morgan fingerprint density at radius 3 is 2.75 bits per heavy atom. The van der Waals surface area contributed by atoms with E-state index in [1.807, 2.05) is 0 Å². The maximum Gasteiger partial charge on any atom is 0.0576 e. The molecule has 1 aromatic rings. The number of hydrogen-bond donors (Lipinski definition) is 1. The van der Waals surface area contributed by atoms with Crippen LogP contribution in [0.4, 0.5) is 5.69 Å². The highest BCUT2D eigenvalue weighted by Gasteiger charge is 2.14. The van der Waals surface area contributed by atoms with Crippen molar-refractivity contribution in [2.75, 3.05) is 38.2 Å². The van der Waals surface area contributed by atoms with Crippen molar-refractivity contribution in [3.63, 3.8) is 0 Å². The Balaban J connectivity index is 1.45. The Kier molecular flexibility index (Phi) is 6.89. The van der Waals surface area contributed by atoms with E-state index >= 15 is 0 Å².